The first-order valence-corrected chi connectivity index (χ1v) is 16.4. The van der Waals surface area contributed by atoms with Crippen LogP contribution in [0.4, 0.5) is 0 Å². The standard InChI is InChI=1S/C35H49N7O/c1-3-31(4-2)41-19-11-35(12-20-41)10-18-39(27-35)16-5-17-42-21-15-38-34(42)26-40(25-33-36-13-14-37-33)24-28-6-7-30-23-32(43)9-8-29(30)22-28/h6-9,13-15,21-23,31,43H,3-5,10-12,16-20,24-27H2,1-2H3,(H,36,37). The summed E-state index contributed by atoms with van der Waals surface area (Å²) in [5.74, 6) is 2.36. The van der Waals surface area contributed by atoms with Crippen molar-refractivity contribution in [1.82, 2.24) is 34.2 Å². The number of phenolic OH excluding ortho intramolecular Hbond substituents is 1. The van der Waals surface area contributed by atoms with Crippen LogP contribution in [0, 0.1) is 5.41 Å². The zero-order valence-corrected chi connectivity index (χ0v) is 26.1. The number of rotatable bonds is 13. The molecule has 8 nitrogen and oxygen atoms in total. The molecule has 0 bridgehead atoms. The van der Waals surface area contributed by atoms with Crippen molar-refractivity contribution >= 4 is 10.8 Å². The topological polar surface area (TPSA) is 76.4 Å². The quantitative estimate of drug-likeness (QED) is 0.200. The fraction of sp³-hybridized carbons (Fsp3) is 0.543. The minimum absolute atomic E-state index is 0.300. The maximum absolute atomic E-state index is 9.85. The molecule has 0 atom stereocenters. The number of benzene rings is 2. The molecule has 6 rings (SSSR count). The second-order valence-electron chi connectivity index (χ2n) is 13.0. The summed E-state index contributed by atoms with van der Waals surface area (Å²) < 4.78 is 2.35. The summed E-state index contributed by atoms with van der Waals surface area (Å²) in [6.45, 7) is 14.2. The first kappa shape index (κ1) is 29.9. The molecule has 2 saturated heterocycles. The number of aromatic hydroxyl groups is 1. The zero-order chi connectivity index (χ0) is 29.6. The van der Waals surface area contributed by atoms with Crippen LogP contribution in [-0.4, -0.2) is 78.1 Å². The fourth-order valence-electron chi connectivity index (χ4n) is 7.56. The van der Waals surface area contributed by atoms with Gasteiger partial charge in [0.05, 0.1) is 13.1 Å². The van der Waals surface area contributed by atoms with E-state index in [-0.39, 0.29) is 0 Å². The molecule has 2 aromatic carbocycles. The Bertz CT molecular complexity index is 1440. The Morgan fingerprint density at radius 2 is 1.70 bits per heavy atom. The van der Waals surface area contributed by atoms with Gasteiger partial charge in [-0.15, -0.1) is 0 Å². The monoisotopic (exact) mass is 583 g/mol. The van der Waals surface area contributed by atoms with Gasteiger partial charge < -0.3 is 24.5 Å². The zero-order valence-electron chi connectivity index (χ0n) is 26.1. The molecule has 0 saturated carbocycles. The van der Waals surface area contributed by atoms with Crippen molar-refractivity contribution in [2.75, 3.05) is 32.7 Å². The Morgan fingerprint density at radius 3 is 2.49 bits per heavy atom. The molecule has 1 spiro atoms. The van der Waals surface area contributed by atoms with Crippen LogP contribution in [0.1, 0.15) is 69.6 Å². The molecule has 8 heteroatoms. The first-order chi connectivity index (χ1) is 21.0. The molecule has 2 aromatic heterocycles. The smallest absolute Gasteiger partial charge is 0.122 e. The number of nitrogens with one attached hydrogen (secondary N) is 1. The van der Waals surface area contributed by atoms with E-state index >= 15 is 0 Å². The van der Waals surface area contributed by atoms with Crippen molar-refractivity contribution in [2.45, 2.75) is 84.6 Å². The second-order valence-corrected chi connectivity index (χ2v) is 13.0. The lowest BCUT2D eigenvalue weighted by Gasteiger charge is -2.42. The summed E-state index contributed by atoms with van der Waals surface area (Å²) >= 11 is 0. The molecule has 0 amide bonds. The number of likely N-dealkylation sites (tertiary alicyclic amines) is 2. The van der Waals surface area contributed by atoms with Crippen molar-refractivity contribution in [3.63, 3.8) is 0 Å². The molecular weight excluding hydrogens is 534 g/mol. The molecule has 4 aromatic rings. The van der Waals surface area contributed by atoms with Crippen LogP contribution >= 0.6 is 0 Å². The molecule has 0 radical (unpaired) electrons. The number of aromatic amines is 1. The van der Waals surface area contributed by atoms with Crippen LogP contribution in [0.5, 0.6) is 5.75 Å². The molecule has 2 aliphatic rings. The van der Waals surface area contributed by atoms with E-state index in [1.165, 1.54) is 70.4 Å². The third kappa shape index (κ3) is 7.31. The van der Waals surface area contributed by atoms with Gasteiger partial charge in [-0.2, -0.15) is 0 Å². The number of nitrogens with zero attached hydrogens (tertiary/aromatic N) is 6. The van der Waals surface area contributed by atoms with Gasteiger partial charge in [-0.3, -0.25) is 4.90 Å². The maximum atomic E-state index is 9.85. The number of hydrogen-bond acceptors (Lipinski definition) is 6. The number of fused-ring (bicyclic) bond motifs is 1. The number of hydrogen-bond donors (Lipinski definition) is 2. The highest BCUT2D eigenvalue weighted by Gasteiger charge is 2.40. The average Bonchev–Trinajstić information content (AvgIpc) is 3.78. The van der Waals surface area contributed by atoms with Crippen LogP contribution in [0.15, 0.2) is 61.2 Å². The van der Waals surface area contributed by atoms with E-state index in [0.29, 0.717) is 11.2 Å². The van der Waals surface area contributed by atoms with Gasteiger partial charge in [0.25, 0.3) is 0 Å². The van der Waals surface area contributed by atoms with Gasteiger partial charge in [-0.05, 0) is 105 Å². The summed E-state index contributed by atoms with van der Waals surface area (Å²) in [4.78, 5) is 20.4. The van der Waals surface area contributed by atoms with Crippen LogP contribution in [0.2, 0.25) is 0 Å². The lowest BCUT2D eigenvalue weighted by Crippen LogP contribution is -2.45. The van der Waals surface area contributed by atoms with Crippen LogP contribution < -0.4 is 0 Å². The third-order valence-corrected chi connectivity index (χ3v) is 10.1. The van der Waals surface area contributed by atoms with Gasteiger partial charge in [0.2, 0.25) is 0 Å². The average molecular weight is 584 g/mol. The number of phenols is 1. The Kier molecular flexibility index (Phi) is 9.46. The molecule has 4 heterocycles. The molecule has 0 unspecified atom stereocenters. The molecule has 230 valence electrons. The summed E-state index contributed by atoms with van der Waals surface area (Å²) in [5.41, 5.74) is 1.79. The van der Waals surface area contributed by atoms with Crippen molar-refractivity contribution in [3.05, 3.63) is 78.4 Å². The van der Waals surface area contributed by atoms with Crippen molar-refractivity contribution in [1.29, 1.82) is 0 Å². The molecule has 2 fully saturated rings. The molecule has 0 aliphatic carbocycles. The van der Waals surface area contributed by atoms with E-state index < -0.39 is 0 Å². The lowest BCUT2D eigenvalue weighted by atomic mass is 9.77. The molecule has 43 heavy (non-hydrogen) atoms. The van der Waals surface area contributed by atoms with Crippen LogP contribution in [-0.2, 0) is 26.2 Å². The van der Waals surface area contributed by atoms with E-state index in [9.17, 15) is 5.11 Å². The normalized spacial score (nSPS) is 17.7. The van der Waals surface area contributed by atoms with E-state index in [1.54, 1.807) is 6.07 Å². The van der Waals surface area contributed by atoms with Crippen molar-refractivity contribution in [3.8, 4) is 5.75 Å². The minimum atomic E-state index is 0.300. The van der Waals surface area contributed by atoms with Gasteiger partial charge in [0.1, 0.15) is 17.4 Å². The molecule has 2 aliphatic heterocycles. The second kappa shape index (κ2) is 13.6. The van der Waals surface area contributed by atoms with Crippen LogP contribution in [0.3, 0.4) is 0 Å². The highest BCUT2D eigenvalue weighted by Crippen LogP contribution is 2.41. The molecule has 2 N–H and O–H groups in total. The van der Waals surface area contributed by atoms with E-state index in [4.69, 9.17) is 4.98 Å². The Morgan fingerprint density at radius 1 is 0.907 bits per heavy atom. The van der Waals surface area contributed by atoms with Gasteiger partial charge in [-0.25, -0.2) is 9.97 Å². The number of imidazole rings is 2. The number of aromatic nitrogens is 4. The first-order valence-electron chi connectivity index (χ1n) is 16.4. The predicted molar refractivity (Wildman–Crippen MR) is 173 cm³/mol. The van der Waals surface area contributed by atoms with Gasteiger partial charge >= 0.3 is 0 Å². The summed E-state index contributed by atoms with van der Waals surface area (Å²) in [6, 6.07) is 12.8. The molecular formula is C35H49N7O. The lowest BCUT2D eigenvalue weighted by molar-refractivity contribution is 0.0728. The summed E-state index contributed by atoms with van der Waals surface area (Å²) in [5, 5.41) is 12.0. The number of aryl methyl sites for hydroxylation is 1. The highest BCUT2D eigenvalue weighted by atomic mass is 16.3. The van der Waals surface area contributed by atoms with E-state index in [0.717, 1.165) is 61.1 Å². The van der Waals surface area contributed by atoms with E-state index in [1.807, 2.05) is 30.7 Å². The Labute approximate surface area is 256 Å². The SMILES string of the molecule is CCC(CC)N1CCC2(CCN(CCCn3ccnc3CN(Cc3ccc4cc(O)ccc4c3)Cc3ncc[nH]3)C2)CC1. The Balaban J connectivity index is 1.04. The Hall–Kier alpha value is -3.20. The maximum Gasteiger partial charge on any atom is 0.122 e. The van der Waals surface area contributed by atoms with Crippen molar-refractivity contribution < 1.29 is 5.11 Å². The predicted octanol–water partition coefficient (Wildman–Crippen LogP) is 6.03. The van der Waals surface area contributed by atoms with Crippen molar-refractivity contribution in [2.24, 2.45) is 5.41 Å². The van der Waals surface area contributed by atoms with Gasteiger partial charge in [0, 0.05) is 50.5 Å². The van der Waals surface area contributed by atoms with Gasteiger partial charge in [-0.1, -0.05) is 32.0 Å². The third-order valence-electron chi connectivity index (χ3n) is 10.1. The highest BCUT2D eigenvalue weighted by molar-refractivity contribution is 5.84. The minimum Gasteiger partial charge on any atom is -0.508 e. The van der Waals surface area contributed by atoms with Crippen LogP contribution in [0.25, 0.3) is 10.8 Å². The number of piperidine rings is 1. The largest absolute Gasteiger partial charge is 0.508 e. The summed E-state index contributed by atoms with van der Waals surface area (Å²) in [7, 11) is 0. The van der Waals surface area contributed by atoms with E-state index in [2.05, 4.69) is 67.5 Å². The summed E-state index contributed by atoms with van der Waals surface area (Å²) in [6.07, 6.45) is 15.6. The fourth-order valence-corrected chi connectivity index (χ4v) is 7.56. The number of H-pyrrole nitrogens is 1. The van der Waals surface area contributed by atoms with Gasteiger partial charge in [0.15, 0.2) is 0 Å².